The maximum atomic E-state index is 12.7. The zero-order valence-corrected chi connectivity index (χ0v) is 19.9. The van der Waals surface area contributed by atoms with Crippen LogP contribution in [-0.4, -0.2) is 16.9 Å². The highest BCUT2D eigenvalue weighted by atomic mass is 16.4. The zero-order chi connectivity index (χ0) is 22.7. The molecule has 31 heavy (non-hydrogen) atoms. The monoisotopic (exact) mass is 428 g/mol. The Hall–Kier alpha value is -1.90. The molecular weight excluding hydrogens is 384 g/mol. The Morgan fingerprint density at radius 1 is 0.742 bits per heavy atom. The van der Waals surface area contributed by atoms with Crippen molar-refractivity contribution in [2.75, 3.05) is 0 Å². The van der Waals surface area contributed by atoms with Crippen molar-refractivity contribution >= 4 is 11.8 Å². The SMILES string of the molecule is CCCCCCCCCCCCCCC(C=C(C(=O)O)C(=O)c1ccccc1)CCC. The predicted molar refractivity (Wildman–Crippen MR) is 131 cm³/mol. The van der Waals surface area contributed by atoms with E-state index in [1.807, 2.05) is 6.07 Å². The number of carbonyl (C=O) groups is 2. The van der Waals surface area contributed by atoms with Gasteiger partial charge < -0.3 is 5.11 Å². The quantitative estimate of drug-likeness (QED) is 0.0791. The van der Waals surface area contributed by atoms with Gasteiger partial charge in [-0.05, 0) is 18.8 Å². The Labute approximate surface area is 190 Å². The summed E-state index contributed by atoms with van der Waals surface area (Å²) in [4.78, 5) is 24.4. The molecule has 0 radical (unpaired) electrons. The maximum absolute atomic E-state index is 12.7. The van der Waals surface area contributed by atoms with Crippen LogP contribution in [0.2, 0.25) is 0 Å². The molecule has 3 heteroatoms. The van der Waals surface area contributed by atoms with Crippen LogP contribution in [0.3, 0.4) is 0 Å². The first-order valence-electron chi connectivity index (χ1n) is 12.6. The fourth-order valence-electron chi connectivity index (χ4n) is 4.15. The Balaban J connectivity index is 2.36. The van der Waals surface area contributed by atoms with E-state index in [2.05, 4.69) is 13.8 Å². The van der Waals surface area contributed by atoms with E-state index >= 15 is 0 Å². The number of aliphatic carboxylic acids is 1. The summed E-state index contributed by atoms with van der Waals surface area (Å²) in [6, 6.07) is 8.72. The zero-order valence-electron chi connectivity index (χ0n) is 19.9. The molecule has 0 amide bonds. The number of benzene rings is 1. The van der Waals surface area contributed by atoms with Gasteiger partial charge in [0.15, 0.2) is 5.78 Å². The van der Waals surface area contributed by atoms with Crippen LogP contribution >= 0.6 is 0 Å². The van der Waals surface area contributed by atoms with Gasteiger partial charge >= 0.3 is 5.97 Å². The maximum Gasteiger partial charge on any atom is 0.339 e. The van der Waals surface area contributed by atoms with Crippen LogP contribution in [0, 0.1) is 5.92 Å². The smallest absolute Gasteiger partial charge is 0.339 e. The number of unbranched alkanes of at least 4 members (excludes halogenated alkanes) is 11. The molecule has 0 saturated carbocycles. The minimum absolute atomic E-state index is 0.0800. The largest absolute Gasteiger partial charge is 0.478 e. The van der Waals surface area contributed by atoms with E-state index in [0.717, 1.165) is 25.7 Å². The number of Topliss-reactive ketones (excluding diaryl/α,β-unsaturated/α-hetero) is 1. The topological polar surface area (TPSA) is 54.4 Å². The van der Waals surface area contributed by atoms with Crippen molar-refractivity contribution in [1.29, 1.82) is 0 Å². The summed E-state index contributed by atoms with van der Waals surface area (Å²) in [6.45, 7) is 4.37. The number of hydrogen-bond donors (Lipinski definition) is 1. The summed E-state index contributed by atoms with van der Waals surface area (Å²) in [5.41, 5.74) is 0.361. The average molecular weight is 429 g/mol. The third-order valence-electron chi connectivity index (χ3n) is 6.00. The second-order valence-electron chi connectivity index (χ2n) is 8.81. The van der Waals surface area contributed by atoms with Crippen molar-refractivity contribution < 1.29 is 14.7 Å². The normalized spacial score (nSPS) is 12.6. The third-order valence-corrected chi connectivity index (χ3v) is 6.00. The summed E-state index contributed by atoms with van der Waals surface area (Å²) < 4.78 is 0. The van der Waals surface area contributed by atoms with Crippen LogP contribution in [0.1, 0.15) is 121 Å². The Morgan fingerprint density at radius 3 is 1.74 bits per heavy atom. The number of allylic oxidation sites excluding steroid dienone is 1. The van der Waals surface area contributed by atoms with E-state index in [9.17, 15) is 14.7 Å². The van der Waals surface area contributed by atoms with Gasteiger partial charge in [-0.2, -0.15) is 0 Å². The fraction of sp³-hybridized carbons (Fsp3) is 0.643. The van der Waals surface area contributed by atoms with Crippen molar-refractivity contribution in [3.05, 3.63) is 47.5 Å². The lowest BCUT2D eigenvalue weighted by molar-refractivity contribution is -0.132. The number of hydrogen-bond acceptors (Lipinski definition) is 2. The fourth-order valence-corrected chi connectivity index (χ4v) is 4.15. The first kappa shape index (κ1) is 27.1. The molecule has 1 N–H and O–H groups in total. The highest BCUT2D eigenvalue weighted by Crippen LogP contribution is 2.22. The van der Waals surface area contributed by atoms with Crippen LogP contribution in [0.5, 0.6) is 0 Å². The molecule has 1 rings (SSSR count). The number of ketones is 1. The first-order valence-corrected chi connectivity index (χ1v) is 12.6. The number of rotatable bonds is 19. The Bertz CT molecular complexity index is 633. The molecule has 1 aromatic carbocycles. The van der Waals surface area contributed by atoms with Crippen LogP contribution in [0.25, 0.3) is 0 Å². The Kier molecular flexibility index (Phi) is 15.5. The van der Waals surface area contributed by atoms with Gasteiger partial charge in [-0.15, -0.1) is 0 Å². The van der Waals surface area contributed by atoms with Gasteiger partial charge in [0.1, 0.15) is 5.57 Å². The minimum atomic E-state index is -1.12. The summed E-state index contributed by atoms with van der Waals surface area (Å²) >= 11 is 0. The molecule has 0 aliphatic rings. The van der Waals surface area contributed by atoms with Gasteiger partial charge in [-0.25, -0.2) is 4.79 Å². The van der Waals surface area contributed by atoms with E-state index < -0.39 is 5.97 Å². The molecular formula is C28H44O3. The molecule has 0 heterocycles. The van der Waals surface area contributed by atoms with Gasteiger partial charge in [0.2, 0.25) is 0 Å². The molecule has 0 bridgehead atoms. The van der Waals surface area contributed by atoms with Crippen LogP contribution in [-0.2, 0) is 4.79 Å². The highest BCUT2D eigenvalue weighted by molar-refractivity contribution is 6.23. The number of carboxylic acids is 1. The molecule has 0 saturated heterocycles. The van der Waals surface area contributed by atoms with Gasteiger partial charge in [0.25, 0.3) is 0 Å². The van der Waals surface area contributed by atoms with Crippen LogP contribution in [0.15, 0.2) is 42.0 Å². The molecule has 174 valence electrons. The molecule has 1 unspecified atom stereocenters. The van der Waals surface area contributed by atoms with Gasteiger partial charge in [-0.3, -0.25) is 4.79 Å². The van der Waals surface area contributed by atoms with Crippen molar-refractivity contribution in [2.24, 2.45) is 5.92 Å². The van der Waals surface area contributed by atoms with Crippen molar-refractivity contribution in [3.8, 4) is 0 Å². The van der Waals surface area contributed by atoms with Crippen molar-refractivity contribution in [1.82, 2.24) is 0 Å². The van der Waals surface area contributed by atoms with Crippen molar-refractivity contribution in [2.45, 2.75) is 110 Å². The lowest BCUT2D eigenvalue weighted by Gasteiger charge is -2.13. The number of carboxylic acid groups (broad SMARTS) is 1. The van der Waals surface area contributed by atoms with E-state index in [4.69, 9.17) is 0 Å². The standard InChI is InChI=1S/C28H44O3/c1-3-5-6-7-8-9-10-11-12-13-14-16-20-24(19-4-2)23-26(28(30)31)27(29)25-21-17-15-18-22-25/h15,17-18,21-24H,3-14,16,19-20H2,1-2H3,(H,30,31). The lowest BCUT2D eigenvalue weighted by atomic mass is 9.91. The van der Waals surface area contributed by atoms with Gasteiger partial charge in [0, 0.05) is 5.56 Å². The molecule has 0 aliphatic heterocycles. The van der Waals surface area contributed by atoms with Gasteiger partial charge in [0.05, 0.1) is 0 Å². The summed E-state index contributed by atoms with van der Waals surface area (Å²) in [5, 5.41) is 9.61. The summed E-state index contributed by atoms with van der Waals surface area (Å²) in [5.74, 6) is -1.35. The summed E-state index contributed by atoms with van der Waals surface area (Å²) in [7, 11) is 0. The molecule has 0 aromatic heterocycles. The van der Waals surface area contributed by atoms with E-state index in [-0.39, 0.29) is 17.3 Å². The van der Waals surface area contributed by atoms with E-state index in [1.165, 1.54) is 70.6 Å². The predicted octanol–water partition coefficient (Wildman–Crippen LogP) is 8.39. The van der Waals surface area contributed by atoms with E-state index in [1.54, 1.807) is 30.3 Å². The molecule has 1 atom stereocenters. The lowest BCUT2D eigenvalue weighted by Crippen LogP contribution is -2.14. The Morgan fingerprint density at radius 2 is 1.26 bits per heavy atom. The highest BCUT2D eigenvalue weighted by Gasteiger charge is 2.20. The molecule has 0 spiro atoms. The molecule has 3 nitrogen and oxygen atoms in total. The second-order valence-corrected chi connectivity index (χ2v) is 8.81. The minimum Gasteiger partial charge on any atom is -0.478 e. The molecule has 0 aliphatic carbocycles. The number of carbonyl (C=O) groups excluding carboxylic acids is 1. The third kappa shape index (κ3) is 12.5. The molecule has 1 aromatic rings. The van der Waals surface area contributed by atoms with Gasteiger partial charge in [-0.1, -0.05) is 134 Å². The van der Waals surface area contributed by atoms with Crippen LogP contribution in [0.4, 0.5) is 0 Å². The van der Waals surface area contributed by atoms with E-state index in [0.29, 0.717) is 5.56 Å². The second kappa shape index (κ2) is 17.7. The van der Waals surface area contributed by atoms with Crippen molar-refractivity contribution in [3.63, 3.8) is 0 Å². The first-order chi connectivity index (χ1) is 15.1. The van der Waals surface area contributed by atoms with Crippen LogP contribution < -0.4 is 0 Å². The molecule has 0 fully saturated rings. The average Bonchev–Trinajstić information content (AvgIpc) is 2.78. The summed E-state index contributed by atoms with van der Waals surface area (Å²) in [6.07, 6.45) is 20.4.